The maximum atomic E-state index is 12.6. The van der Waals surface area contributed by atoms with E-state index in [9.17, 15) is 9.59 Å². The van der Waals surface area contributed by atoms with E-state index in [0.29, 0.717) is 29.5 Å². The van der Waals surface area contributed by atoms with Gasteiger partial charge in [0.05, 0.1) is 39.2 Å². The Morgan fingerprint density at radius 3 is 2.39 bits per heavy atom. The summed E-state index contributed by atoms with van der Waals surface area (Å²) in [6, 6.07) is 16.1. The van der Waals surface area contributed by atoms with E-state index in [1.807, 2.05) is 19.1 Å². The second kappa shape index (κ2) is 12.8. The molecule has 2 aromatic carbocycles. The van der Waals surface area contributed by atoms with Crippen LogP contribution in [-0.2, 0) is 14.3 Å². The van der Waals surface area contributed by atoms with Crippen LogP contribution in [0.25, 0.3) is 0 Å². The number of amides is 1. The molecule has 2 aromatic rings. The molecule has 0 N–H and O–H groups in total. The fraction of sp³-hybridized carbons (Fsp3) is 0.348. The van der Waals surface area contributed by atoms with Gasteiger partial charge in [0, 0.05) is 12.2 Å². The van der Waals surface area contributed by atoms with E-state index in [1.165, 1.54) is 12.0 Å². The van der Waals surface area contributed by atoms with Crippen LogP contribution in [0.15, 0.2) is 48.5 Å². The Morgan fingerprint density at radius 2 is 1.74 bits per heavy atom. The molecule has 0 aliphatic carbocycles. The minimum absolute atomic E-state index is 0.0213. The molecule has 0 spiro atoms. The smallest absolute Gasteiger partial charge is 0.309 e. The van der Waals surface area contributed by atoms with Crippen LogP contribution < -0.4 is 19.1 Å². The molecule has 8 nitrogen and oxygen atoms in total. The Kier molecular flexibility index (Phi) is 9.69. The largest absolute Gasteiger partial charge is 0.494 e. The monoisotopic (exact) mass is 426 g/mol. The van der Waals surface area contributed by atoms with Crippen molar-refractivity contribution in [3.63, 3.8) is 0 Å². The fourth-order valence-electron chi connectivity index (χ4n) is 2.72. The zero-order chi connectivity index (χ0) is 22.5. The lowest BCUT2D eigenvalue weighted by molar-refractivity contribution is -0.148. The molecule has 2 rings (SSSR count). The topological polar surface area (TPSA) is 98.1 Å². The Labute approximate surface area is 181 Å². The van der Waals surface area contributed by atoms with Gasteiger partial charge in [-0.25, -0.2) is 0 Å². The van der Waals surface area contributed by atoms with Crippen molar-refractivity contribution in [1.82, 2.24) is 0 Å². The van der Waals surface area contributed by atoms with Crippen LogP contribution in [0.2, 0.25) is 0 Å². The van der Waals surface area contributed by atoms with Gasteiger partial charge in [-0.05, 0) is 43.3 Å². The van der Waals surface area contributed by atoms with Crippen molar-refractivity contribution in [2.24, 2.45) is 0 Å². The molecule has 0 saturated heterocycles. The molecule has 0 unspecified atom stereocenters. The van der Waals surface area contributed by atoms with E-state index < -0.39 is 18.5 Å². The molecule has 0 aliphatic heterocycles. The number of rotatable bonds is 12. The zero-order valence-corrected chi connectivity index (χ0v) is 17.7. The van der Waals surface area contributed by atoms with Gasteiger partial charge in [-0.1, -0.05) is 12.1 Å². The zero-order valence-electron chi connectivity index (χ0n) is 17.7. The van der Waals surface area contributed by atoms with Gasteiger partial charge in [0.15, 0.2) is 18.1 Å². The molecule has 0 heterocycles. The number of nitriles is 1. The number of benzene rings is 2. The third-order valence-electron chi connectivity index (χ3n) is 4.20. The number of anilines is 1. The summed E-state index contributed by atoms with van der Waals surface area (Å²) in [6.07, 6.45) is 0.131. The van der Waals surface area contributed by atoms with Gasteiger partial charge >= 0.3 is 5.97 Å². The number of methoxy groups -OCH3 is 1. The van der Waals surface area contributed by atoms with Crippen molar-refractivity contribution < 1.29 is 28.5 Å². The van der Waals surface area contributed by atoms with Crippen LogP contribution in [0, 0.1) is 11.3 Å². The van der Waals surface area contributed by atoms with Crippen LogP contribution in [0.1, 0.15) is 19.8 Å². The summed E-state index contributed by atoms with van der Waals surface area (Å²) in [7, 11) is 1.53. The van der Waals surface area contributed by atoms with Gasteiger partial charge in [-0.3, -0.25) is 9.59 Å². The Bertz CT molecular complexity index is 892. The molecular weight excluding hydrogens is 400 g/mol. The summed E-state index contributed by atoms with van der Waals surface area (Å²) < 4.78 is 21.2. The second-order valence-electron chi connectivity index (χ2n) is 6.29. The fourth-order valence-corrected chi connectivity index (χ4v) is 2.72. The maximum Gasteiger partial charge on any atom is 0.309 e. The van der Waals surface area contributed by atoms with Crippen LogP contribution in [-0.4, -0.2) is 45.4 Å². The van der Waals surface area contributed by atoms with Crippen molar-refractivity contribution in [2.45, 2.75) is 19.8 Å². The van der Waals surface area contributed by atoms with Crippen LogP contribution in [0.5, 0.6) is 17.2 Å². The van der Waals surface area contributed by atoms with Crippen molar-refractivity contribution >= 4 is 17.6 Å². The van der Waals surface area contributed by atoms with Gasteiger partial charge in [-0.2, -0.15) is 5.26 Å². The lowest BCUT2D eigenvalue weighted by Crippen LogP contribution is -2.35. The average molecular weight is 426 g/mol. The number of nitrogens with zero attached hydrogens (tertiary/aromatic N) is 2. The van der Waals surface area contributed by atoms with Crippen molar-refractivity contribution in [3.8, 4) is 23.3 Å². The lowest BCUT2D eigenvalue weighted by Gasteiger charge is -2.22. The summed E-state index contributed by atoms with van der Waals surface area (Å²) in [6.45, 7) is 2.27. The highest BCUT2D eigenvalue weighted by molar-refractivity contribution is 5.95. The van der Waals surface area contributed by atoms with Crippen LogP contribution >= 0.6 is 0 Å². The highest BCUT2D eigenvalue weighted by Gasteiger charge is 2.18. The van der Waals surface area contributed by atoms with E-state index in [4.69, 9.17) is 24.2 Å². The van der Waals surface area contributed by atoms with Gasteiger partial charge in [0.1, 0.15) is 5.75 Å². The minimum atomic E-state index is -0.560. The van der Waals surface area contributed by atoms with E-state index >= 15 is 0 Å². The van der Waals surface area contributed by atoms with Crippen LogP contribution in [0.4, 0.5) is 5.69 Å². The number of carbonyl (C=O) groups is 2. The van der Waals surface area contributed by atoms with E-state index in [-0.39, 0.29) is 26.0 Å². The molecule has 0 aliphatic rings. The molecule has 164 valence electrons. The molecule has 31 heavy (non-hydrogen) atoms. The third kappa shape index (κ3) is 7.55. The minimum Gasteiger partial charge on any atom is -0.494 e. The molecule has 8 heteroatoms. The first-order valence-electron chi connectivity index (χ1n) is 9.90. The molecular formula is C23H26N2O6. The number of para-hydroxylation sites is 2. The molecule has 1 amide bonds. The predicted molar refractivity (Wildman–Crippen MR) is 114 cm³/mol. The molecule has 0 aromatic heterocycles. The summed E-state index contributed by atoms with van der Waals surface area (Å²) >= 11 is 0. The predicted octanol–water partition coefficient (Wildman–Crippen LogP) is 3.35. The van der Waals surface area contributed by atoms with Gasteiger partial charge < -0.3 is 23.8 Å². The SMILES string of the molecule is CCOc1ccc(N(CCC#N)C(=O)COC(=O)CCOc2ccccc2OC)cc1. The summed E-state index contributed by atoms with van der Waals surface area (Å²) in [5.74, 6) is 0.788. The third-order valence-corrected chi connectivity index (χ3v) is 4.20. The van der Waals surface area contributed by atoms with Gasteiger partial charge in [0.25, 0.3) is 5.91 Å². The first-order valence-corrected chi connectivity index (χ1v) is 9.90. The molecule has 0 bridgehead atoms. The molecule has 0 saturated carbocycles. The van der Waals surface area contributed by atoms with E-state index in [1.54, 1.807) is 42.5 Å². The Hall–Kier alpha value is -3.73. The van der Waals surface area contributed by atoms with Crippen LogP contribution in [0.3, 0.4) is 0 Å². The molecule has 0 radical (unpaired) electrons. The second-order valence-corrected chi connectivity index (χ2v) is 6.29. The standard InChI is InChI=1S/C23H26N2O6/c1-3-29-19-11-9-18(10-12-19)25(15-6-14-24)22(26)17-31-23(27)13-16-30-21-8-5-4-7-20(21)28-2/h4-5,7-12H,3,6,13,15-17H2,1-2H3. The number of ether oxygens (including phenoxy) is 4. The molecule has 0 fully saturated rings. The first kappa shape index (κ1) is 23.5. The normalized spacial score (nSPS) is 9.97. The van der Waals surface area contributed by atoms with Gasteiger partial charge in [-0.15, -0.1) is 0 Å². The quantitative estimate of drug-likeness (QED) is 0.480. The number of carbonyl (C=O) groups excluding carboxylic acids is 2. The average Bonchev–Trinajstić information content (AvgIpc) is 2.79. The highest BCUT2D eigenvalue weighted by atomic mass is 16.5. The number of hydrogen-bond donors (Lipinski definition) is 0. The van der Waals surface area contributed by atoms with Crippen molar-refractivity contribution in [3.05, 3.63) is 48.5 Å². The van der Waals surface area contributed by atoms with Crippen molar-refractivity contribution in [1.29, 1.82) is 5.26 Å². The summed E-state index contributed by atoms with van der Waals surface area (Å²) in [4.78, 5) is 26.0. The molecule has 0 atom stereocenters. The Balaban J connectivity index is 1.86. The van der Waals surface area contributed by atoms with E-state index in [0.717, 1.165) is 0 Å². The first-order chi connectivity index (χ1) is 15.1. The van der Waals surface area contributed by atoms with Gasteiger partial charge in [0.2, 0.25) is 0 Å². The summed E-state index contributed by atoms with van der Waals surface area (Å²) in [5, 5.41) is 8.89. The van der Waals surface area contributed by atoms with Crippen molar-refractivity contribution in [2.75, 3.05) is 38.4 Å². The van der Waals surface area contributed by atoms with E-state index in [2.05, 4.69) is 0 Å². The summed E-state index contributed by atoms with van der Waals surface area (Å²) in [5.41, 5.74) is 0.597. The lowest BCUT2D eigenvalue weighted by atomic mass is 10.2. The number of esters is 1. The highest BCUT2D eigenvalue weighted by Crippen LogP contribution is 2.25. The maximum absolute atomic E-state index is 12.6. The number of hydrogen-bond acceptors (Lipinski definition) is 7. The Morgan fingerprint density at radius 1 is 1.03 bits per heavy atom.